The van der Waals surface area contributed by atoms with Crippen LogP contribution in [0, 0.1) is 5.92 Å². The van der Waals surface area contributed by atoms with Crippen LogP contribution in [0.3, 0.4) is 0 Å². The molecule has 10 heteroatoms. The van der Waals surface area contributed by atoms with Crippen molar-refractivity contribution in [1.29, 1.82) is 0 Å². The van der Waals surface area contributed by atoms with Gasteiger partial charge in [0.1, 0.15) is 0 Å². The van der Waals surface area contributed by atoms with E-state index in [1.54, 1.807) is 4.68 Å². The summed E-state index contributed by atoms with van der Waals surface area (Å²) in [7, 11) is 1.82. The van der Waals surface area contributed by atoms with Crippen molar-refractivity contribution < 1.29 is 13.2 Å². The molecule has 3 heterocycles. The van der Waals surface area contributed by atoms with Crippen molar-refractivity contribution in [2.45, 2.75) is 32.1 Å². The molecule has 1 aliphatic heterocycles. The summed E-state index contributed by atoms with van der Waals surface area (Å²) in [4.78, 5) is 17.5. The number of halogens is 3. The van der Waals surface area contributed by atoms with Crippen molar-refractivity contribution >= 4 is 0 Å². The average molecular weight is 356 g/mol. The van der Waals surface area contributed by atoms with Gasteiger partial charge in [-0.1, -0.05) is 5.21 Å². The Morgan fingerprint density at radius 3 is 2.56 bits per heavy atom. The van der Waals surface area contributed by atoms with E-state index in [0.717, 1.165) is 44.5 Å². The number of likely N-dealkylation sites (tertiary alicyclic amines) is 1. The van der Waals surface area contributed by atoms with Crippen LogP contribution in [0.1, 0.15) is 24.2 Å². The quantitative estimate of drug-likeness (QED) is 0.826. The molecule has 0 amide bonds. The van der Waals surface area contributed by atoms with Crippen molar-refractivity contribution in [3.63, 3.8) is 0 Å². The number of hydrogen-bond donors (Lipinski definition) is 0. The van der Waals surface area contributed by atoms with Gasteiger partial charge in [0.2, 0.25) is 0 Å². The maximum Gasteiger partial charge on any atom is 0.433 e. The molecule has 2 aromatic rings. The molecule has 0 aliphatic carbocycles. The van der Waals surface area contributed by atoms with Crippen LogP contribution in [0.15, 0.2) is 23.4 Å². The van der Waals surface area contributed by atoms with Crippen molar-refractivity contribution in [2.75, 3.05) is 13.1 Å². The molecule has 0 unspecified atom stereocenters. The predicted molar refractivity (Wildman–Crippen MR) is 82.5 cm³/mol. The van der Waals surface area contributed by atoms with Gasteiger partial charge in [0.05, 0.1) is 12.0 Å². The van der Waals surface area contributed by atoms with Gasteiger partial charge < -0.3 is 0 Å². The van der Waals surface area contributed by atoms with E-state index < -0.39 is 17.4 Å². The Bertz CT molecular complexity index is 776. The summed E-state index contributed by atoms with van der Waals surface area (Å²) in [5.74, 6) is 0.245. The summed E-state index contributed by atoms with van der Waals surface area (Å²) < 4.78 is 40.6. The lowest BCUT2D eigenvalue weighted by Crippen LogP contribution is -2.36. The van der Waals surface area contributed by atoms with E-state index in [2.05, 4.69) is 20.2 Å². The highest BCUT2D eigenvalue weighted by atomic mass is 19.4. The molecule has 0 bridgehead atoms. The van der Waals surface area contributed by atoms with Crippen LogP contribution in [-0.4, -0.2) is 42.5 Å². The van der Waals surface area contributed by atoms with Gasteiger partial charge in [-0.15, -0.1) is 5.10 Å². The zero-order valence-electron chi connectivity index (χ0n) is 13.8. The largest absolute Gasteiger partial charge is 0.433 e. The monoisotopic (exact) mass is 356 g/mol. The predicted octanol–water partition coefficient (Wildman–Crippen LogP) is 1.30. The minimum atomic E-state index is -4.59. The molecule has 0 radical (unpaired) electrons. The van der Waals surface area contributed by atoms with Crippen molar-refractivity contribution in [3.8, 4) is 0 Å². The molecule has 1 saturated heterocycles. The maximum atomic E-state index is 12.6. The fourth-order valence-corrected chi connectivity index (χ4v) is 3.02. The molecule has 0 aromatic carbocycles. The van der Waals surface area contributed by atoms with E-state index >= 15 is 0 Å². The minimum Gasteiger partial charge on any atom is -0.299 e. The first-order chi connectivity index (χ1) is 11.8. The highest BCUT2D eigenvalue weighted by molar-refractivity contribution is 5.03. The van der Waals surface area contributed by atoms with Gasteiger partial charge in [-0.05, 0) is 31.8 Å². The molecular formula is C15H19F3N6O. The van der Waals surface area contributed by atoms with Crippen molar-refractivity contribution in [1.82, 2.24) is 29.4 Å². The summed E-state index contributed by atoms with van der Waals surface area (Å²) in [5, 5.41) is 7.96. The van der Waals surface area contributed by atoms with E-state index in [1.807, 2.05) is 13.2 Å². The highest BCUT2D eigenvalue weighted by Crippen LogP contribution is 2.26. The van der Waals surface area contributed by atoms with E-state index in [0.29, 0.717) is 12.6 Å². The van der Waals surface area contributed by atoms with Gasteiger partial charge >= 0.3 is 6.18 Å². The number of hydrogen-bond acceptors (Lipinski definition) is 5. The van der Waals surface area contributed by atoms with Gasteiger partial charge in [0, 0.05) is 32.4 Å². The Kier molecular flexibility index (Phi) is 4.89. The zero-order chi connectivity index (χ0) is 18.0. The number of rotatable bonds is 4. The van der Waals surface area contributed by atoms with Crippen LogP contribution in [0.4, 0.5) is 13.2 Å². The lowest BCUT2D eigenvalue weighted by molar-refractivity contribution is -0.141. The number of alkyl halides is 3. The van der Waals surface area contributed by atoms with Crippen LogP contribution in [0.25, 0.3) is 0 Å². The summed E-state index contributed by atoms with van der Waals surface area (Å²) >= 11 is 0. The molecule has 1 aliphatic rings. The topological polar surface area (TPSA) is 68.8 Å². The second-order valence-corrected chi connectivity index (χ2v) is 6.37. The van der Waals surface area contributed by atoms with E-state index in [9.17, 15) is 18.0 Å². The fourth-order valence-electron chi connectivity index (χ4n) is 3.02. The number of nitrogens with zero attached hydrogens (tertiary/aromatic N) is 6. The molecule has 3 rings (SSSR count). The van der Waals surface area contributed by atoms with Gasteiger partial charge in [-0.25, -0.2) is 4.98 Å². The summed E-state index contributed by atoms with van der Waals surface area (Å²) in [6.45, 7) is 2.82. The van der Waals surface area contributed by atoms with Gasteiger partial charge in [0.25, 0.3) is 5.56 Å². The summed E-state index contributed by atoms with van der Waals surface area (Å²) in [6.07, 6.45) is 0.0159. The first-order valence-electron chi connectivity index (χ1n) is 8.02. The van der Waals surface area contributed by atoms with Crippen LogP contribution in [-0.2, 0) is 26.3 Å². The van der Waals surface area contributed by atoms with Crippen LogP contribution < -0.4 is 5.56 Å². The first-order valence-corrected chi connectivity index (χ1v) is 8.02. The van der Waals surface area contributed by atoms with E-state index in [1.165, 1.54) is 4.57 Å². The van der Waals surface area contributed by atoms with Crippen LogP contribution in [0.5, 0.6) is 0 Å². The Balaban J connectivity index is 1.54. The molecule has 25 heavy (non-hydrogen) atoms. The summed E-state index contributed by atoms with van der Waals surface area (Å²) in [5.41, 5.74) is -0.902. The Hall–Kier alpha value is -2.23. The van der Waals surface area contributed by atoms with Gasteiger partial charge in [-0.2, -0.15) is 13.2 Å². The highest BCUT2D eigenvalue weighted by Gasteiger charge is 2.33. The minimum absolute atomic E-state index is 0.245. The third-order valence-corrected chi connectivity index (χ3v) is 4.37. The fraction of sp³-hybridized carbons (Fsp3) is 0.600. The molecular weight excluding hydrogens is 337 g/mol. The maximum absolute atomic E-state index is 12.6. The molecule has 0 N–H and O–H groups in total. The van der Waals surface area contributed by atoms with Gasteiger partial charge in [0.15, 0.2) is 5.69 Å². The molecule has 0 atom stereocenters. The average Bonchev–Trinajstić information content (AvgIpc) is 2.95. The lowest BCUT2D eigenvalue weighted by Gasteiger charge is -2.31. The Labute approximate surface area is 142 Å². The van der Waals surface area contributed by atoms with E-state index in [4.69, 9.17) is 0 Å². The first kappa shape index (κ1) is 17.6. The normalized spacial score (nSPS) is 17.1. The van der Waals surface area contributed by atoms with Crippen LogP contribution >= 0.6 is 0 Å². The molecule has 1 fully saturated rings. The lowest BCUT2D eigenvalue weighted by atomic mass is 9.96. The molecule has 136 valence electrons. The van der Waals surface area contributed by atoms with Crippen LogP contribution in [0.2, 0.25) is 0 Å². The SMILES string of the molecule is Cn1cc(CN2CCC(Cn3cnc(C(F)(F)F)cc3=O)CC2)nn1. The number of piperidine rings is 1. The molecule has 0 spiro atoms. The zero-order valence-corrected chi connectivity index (χ0v) is 13.8. The smallest absolute Gasteiger partial charge is 0.299 e. The van der Waals surface area contributed by atoms with Crippen molar-refractivity contribution in [2.24, 2.45) is 13.0 Å². The molecule has 0 saturated carbocycles. The second kappa shape index (κ2) is 6.95. The third-order valence-electron chi connectivity index (χ3n) is 4.37. The second-order valence-electron chi connectivity index (χ2n) is 6.37. The van der Waals surface area contributed by atoms with E-state index in [-0.39, 0.29) is 5.92 Å². The molecule has 2 aromatic heterocycles. The third kappa shape index (κ3) is 4.44. The Morgan fingerprint density at radius 1 is 1.28 bits per heavy atom. The summed E-state index contributed by atoms with van der Waals surface area (Å²) in [6, 6.07) is 0.559. The molecule has 7 nitrogen and oxygen atoms in total. The Morgan fingerprint density at radius 2 is 2.00 bits per heavy atom. The number of aromatic nitrogens is 5. The van der Waals surface area contributed by atoms with Gasteiger partial charge in [-0.3, -0.25) is 18.9 Å². The standard InChI is InChI=1S/C15H19F3N6O/c1-22-8-12(20-21-22)9-23-4-2-11(3-5-23)7-24-10-19-13(6-14(24)25)15(16,17)18/h6,8,10-11H,2-5,7,9H2,1H3. The number of aryl methyl sites for hydroxylation is 1. The van der Waals surface area contributed by atoms with Crippen molar-refractivity contribution in [3.05, 3.63) is 40.3 Å².